The van der Waals surface area contributed by atoms with E-state index in [1.54, 1.807) is 36.1 Å². The van der Waals surface area contributed by atoms with E-state index < -0.39 is 18.0 Å². The molecule has 128 valence electrons. The van der Waals surface area contributed by atoms with Gasteiger partial charge in [-0.15, -0.1) is 0 Å². The van der Waals surface area contributed by atoms with Crippen molar-refractivity contribution >= 4 is 22.8 Å². The van der Waals surface area contributed by atoms with Gasteiger partial charge in [0.05, 0.1) is 7.11 Å². The molecule has 24 heavy (non-hydrogen) atoms. The van der Waals surface area contributed by atoms with Crippen LogP contribution in [0.4, 0.5) is 0 Å². The number of rotatable bonds is 6. The van der Waals surface area contributed by atoms with Gasteiger partial charge in [0.2, 0.25) is 0 Å². The number of ether oxygens (including phenoxy) is 1. The molecule has 1 aliphatic heterocycles. The number of carboxylic acid groups (broad SMARTS) is 2. The molecular weight excluding hydrogens is 312 g/mol. The molecule has 2 heterocycles. The first-order valence-corrected chi connectivity index (χ1v) is 7.86. The monoisotopic (exact) mass is 332 g/mol. The van der Waals surface area contributed by atoms with Gasteiger partial charge in [-0.3, -0.25) is 14.5 Å². The highest BCUT2D eigenvalue weighted by molar-refractivity contribution is 5.91. The number of likely N-dealkylation sites (tertiary alicyclic amines) is 1. The first kappa shape index (κ1) is 16.3. The molecule has 7 heteroatoms. The molecule has 1 atom stereocenters. The second-order valence-electron chi connectivity index (χ2n) is 5.97. The molecular formula is C17H20N2O5. The van der Waals surface area contributed by atoms with Crippen molar-refractivity contribution in [3.05, 3.63) is 30.0 Å². The third-order valence-corrected chi connectivity index (χ3v) is 4.46. The number of methoxy groups -OCH3 is 1. The first-order valence-electron chi connectivity index (χ1n) is 7.86. The fraction of sp³-hybridized carbons (Fsp3) is 0.412. The van der Waals surface area contributed by atoms with Crippen molar-refractivity contribution in [1.29, 1.82) is 0 Å². The Balaban J connectivity index is 2.16. The molecule has 3 rings (SSSR count). The largest absolute Gasteiger partial charge is 0.497 e. The van der Waals surface area contributed by atoms with E-state index in [-0.39, 0.29) is 6.54 Å². The molecule has 1 aliphatic rings. The van der Waals surface area contributed by atoms with Crippen LogP contribution in [0.25, 0.3) is 10.9 Å². The van der Waals surface area contributed by atoms with Gasteiger partial charge in [0.15, 0.2) is 0 Å². The molecule has 1 aromatic carbocycles. The number of carboxylic acids is 2. The molecule has 7 nitrogen and oxygen atoms in total. The number of fused-ring (bicyclic) bond motifs is 1. The molecule has 0 aliphatic carbocycles. The van der Waals surface area contributed by atoms with Crippen molar-refractivity contribution in [2.75, 3.05) is 20.2 Å². The van der Waals surface area contributed by atoms with Crippen molar-refractivity contribution in [2.24, 2.45) is 0 Å². The Morgan fingerprint density at radius 2 is 1.96 bits per heavy atom. The van der Waals surface area contributed by atoms with Gasteiger partial charge >= 0.3 is 11.9 Å². The van der Waals surface area contributed by atoms with Crippen molar-refractivity contribution in [1.82, 2.24) is 9.47 Å². The number of benzene rings is 1. The van der Waals surface area contributed by atoms with Crippen LogP contribution in [0.15, 0.2) is 24.4 Å². The predicted octanol–water partition coefficient (Wildman–Crippen LogP) is 1.96. The topological polar surface area (TPSA) is 92.0 Å². The van der Waals surface area contributed by atoms with Crippen LogP contribution in [0, 0.1) is 0 Å². The summed E-state index contributed by atoms with van der Waals surface area (Å²) >= 11 is 0. The van der Waals surface area contributed by atoms with Crippen LogP contribution in [0.5, 0.6) is 5.75 Å². The quantitative estimate of drug-likeness (QED) is 0.840. The molecule has 0 radical (unpaired) electrons. The fourth-order valence-corrected chi connectivity index (χ4v) is 3.41. The summed E-state index contributed by atoms with van der Waals surface area (Å²) in [6, 6.07) is 4.51. The zero-order valence-corrected chi connectivity index (χ0v) is 13.4. The number of aromatic nitrogens is 1. The molecule has 1 aromatic heterocycles. The zero-order valence-electron chi connectivity index (χ0n) is 13.4. The van der Waals surface area contributed by atoms with Crippen LogP contribution in [-0.2, 0) is 16.1 Å². The van der Waals surface area contributed by atoms with Crippen molar-refractivity contribution in [2.45, 2.75) is 25.4 Å². The molecule has 2 N–H and O–H groups in total. The van der Waals surface area contributed by atoms with Crippen LogP contribution < -0.4 is 4.74 Å². The van der Waals surface area contributed by atoms with Gasteiger partial charge in [0, 0.05) is 22.7 Å². The maximum atomic E-state index is 11.9. The summed E-state index contributed by atoms with van der Waals surface area (Å²) < 4.78 is 6.83. The summed E-state index contributed by atoms with van der Waals surface area (Å²) in [4.78, 5) is 25.0. The van der Waals surface area contributed by atoms with Gasteiger partial charge in [0.1, 0.15) is 18.3 Å². The summed E-state index contributed by atoms with van der Waals surface area (Å²) in [5, 5.41) is 19.6. The summed E-state index contributed by atoms with van der Waals surface area (Å²) in [6.07, 6.45) is 3.59. The molecule has 0 bridgehead atoms. The third-order valence-electron chi connectivity index (χ3n) is 4.46. The van der Waals surface area contributed by atoms with E-state index in [0.29, 0.717) is 16.8 Å². The van der Waals surface area contributed by atoms with Crippen molar-refractivity contribution in [3.8, 4) is 5.75 Å². The number of hydrogen-bond acceptors (Lipinski definition) is 4. The number of aliphatic carboxylic acids is 2. The summed E-state index contributed by atoms with van der Waals surface area (Å²) in [7, 11) is 1.55. The minimum Gasteiger partial charge on any atom is -0.497 e. The van der Waals surface area contributed by atoms with E-state index in [2.05, 4.69) is 0 Å². The van der Waals surface area contributed by atoms with Crippen molar-refractivity contribution in [3.63, 3.8) is 0 Å². The molecule has 1 fully saturated rings. The molecule has 1 saturated heterocycles. The van der Waals surface area contributed by atoms with E-state index in [1.807, 2.05) is 4.90 Å². The highest BCUT2D eigenvalue weighted by Crippen LogP contribution is 2.34. The average molecular weight is 332 g/mol. The molecule has 0 spiro atoms. The number of nitrogens with zero attached hydrogens (tertiary/aromatic N) is 2. The van der Waals surface area contributed by atoms with E-state index in [4.69, 9.17) is 9.84 Å². The van der Waals surface area contributed by atoms with Crippen LogP contribution in [0.3, 0.4) is 0 Å². The lowest BCUT2D eigenvalue weighted by atomic mass is 10.0. The van der Waals surface area contributed by atoms with Crippen molar-refractivity contribution < 1.29 is 24.5 Å². The minimum atomic E-state index is -0.970. The van der Waals surface area contributed by atoms with E-state index in [9.17, 15) is 14.7 Å². The number of carbonyl (C=O) groups is 2. The predicted molar refractivity (Wildman–Crippen MR) is 87.3 cm³/mol. The maximum absolute atomic E-state index is 11.9. The third kappa shape index (κ3) is 2.94. The molecule has 0 amide bonds. The van der Waals surface area contributed by atoms with Gasteiger partial charge in [-0.25, -0.2) is 0 Å². The Hall–Kier alpha value is -2.54. The normalized spacial score (nSPS) is 16.4. The highest BCUT2D eigenvalue weighted by atomic mass is 16.5. The Morgan fingerprint density at radius 3 is 2.54 bits per heavy atom. The SMILES string of the molecule is COc1ccc2c(c1)c([C@H](C(=O)O)N1CCCC1)cn2CC(=O)O. The lowest BCUT2D eigenvalue weighted by molar-refractivity contribution is -0.143. The lowest BCUT2D eigenvalue weighted by Gasteiger charge is -2.23. The lowest BCUT2D eigenvalue weighted by Crippen LogP contribution is -2.31. The van der Waals surface area contributed by atoms with Crippen LogP contribution in [-0.4, -0.2) is 51.8 Å². The average Bonchev–Trinajstić information content (AvgIpc) is 3.16. The second-order valence-corrected chi connectivity index (χ2v) is 5.97. The van der Waals surface area contributed by atoms with Crippen LogP contribution in [0.1, 0.15) is 24.4 Å². The second kappa shape index (κ2) is 6.52. The summed E-state index contributed by atoms with van der Waals surface area (Å²) in [5.74, 6) is -1.28. The minimum absolute atomic E-state index is 0.213. The molecule has 2 aromatic rings. The number of hydrogen-bond donors (Lipinski definition) is 2. The Labute approximate surface area is 139 Å². The van der Waals surface area contributed by atoms with E-state index >= 15 is 0 Å². The van der Waals surface area contributed by atoms with Gasteiger partial charge in [-0.1, -0.05) is 0 Å². The molecule has 0 saturated carbocycles. The van der Waals surface area contributed by atoms with Gasteiger partial charge in [0.25, 0.3) is 0 Å². The summed E-state index contributed by atoms with van der Waals surface area (Å²) in [6.45, 7) is 1.24. The highest BCUT2D eigenvalue weighted by Gasteiger charge is 2.32. The summed E-state index contributed by atoms with van der Waals surface area (Å²) in [5.41, 5.74) is 1.30. The Morgan fingerprint density at radius 1 is 1.25 bits per heavy atom. The fourth-order valence-electron chi connectivity index (χ4n) is 3.41. The van der Waals surface area contributed by atoms with Gasteiger partial charge < -0.3 is 19.5 Å². The molecule has 0 unspecified atom stereocenters. The van der Waals surface area contributed by atoms with Crippen LogP contribution in [0.2, 0.25) is 0 Å². The smallest absolute Gasteiger partial charge is 0.325 e. The maximum Gasteiger partial charge on any atom is 0.325 e. The van der Waals surface area contributed by atoms with Gasteiger partial charge in [-0.2, -0.15) is 0 Å². The zero-order chi connectivity index (χ0) is 17.3. The van der Waals surface area contributed by atoms with Gasteiger partial charge in [-0.05, 0) is 44.1 Å². The van der Waals surface area contributed by atoms with E-state index in [1.165, 1.54) is 0 Å². The Kier molecular flexibility index (Phi) is 4.44. The first-order chi connectivity index (χ1) is 11.5. The van der Waals surface area contributed by atoms with E-state index in [0.717, 1.165) is 31.3 Å². The van der Waals surface area contributed by atoms with Crippen LogP contribution >= 0.6 is 0 Å². The standard InChI is InChI=1S/C17H20N2O5/c1-24-11-4-5-14-12(8-11)13(9-19(14)10-15(20)21)16(17(22)23)18-6-2-3-7-18/h4-5,8-9,16H,2-3,6-7,10H2,1H3,(H,20,21)(H,22,23)/t16-/m1/s1. The Bertz CT molecular complexity index is 777.